The average Bonchev–Trinajstić information content (AvgIpc) is 2.42. The van der Waals surface area contributed by atoms with Crippen LogP contribution in [0.3, 0.4) is 0 Å². The van der Waals surface area contributed by atoms with E-state index in [1.807, 2.05) is 6.92 Å². The van der Waals surface area contributed by atoms with Crippen molar-refractivity contribution in [2.45, 2.75) is 6.92 Å². The predicted molar refractivity (Wildman–Crippen MR) is 80.7 cm³/mol. The lowest BCUT2D eigenvalue weighted by Crippen LogP contribution is -2.09. The van der Waals surface area contributed by atoms with E-state index in [4.69, 9.17) is 0 Å². The SMILES string of the molecule is Cc1cc(NC(=O)C=Cc2ccc(F)cc2)ncc1Br. The van der Waals surface area contributed by atoms with Crippen LogP contribution in [0.15, 0.2) is 47.1 Å². The number of hydrogen-bond donors (Lipinski definition) is 1. The molecule has 1 aromatic carbocycles. The predicted octanol–water partition coefficient (Wildman–Crippen LogP) is 3.94. The normalized spacial score (nSPS) is 10.8. The van der Waals surface area contributed by atoms with E-state index in [9.17, 15) is 9.18 Å². The Kier molecular flexibility index (Phi) is 4.63. The van der Waals surface area contributed by atoms with Gasteiger partial charge in [-0.15, -0.1) is 0 Å². The number of carbonyl (C=O) groups excluding carboxylic acids is 1. The zero-order valence-electron chi connectivity index (χ0n) is 10.7. The minimum Gasteiger partial charge on any atom is -0.307 e. The molecule has 2 rings (SSSR count). The molecular weight excluding hydrogens is 323 g/mol. The Hall–Kier alpha value is -2.01. The molecule has 0 radical (unpaired) electrons. The first-order valence-electron chi connectivity index (χ1n) is 5.91. The van der Waals surface area contributed by atoms with Crippen molar-refractivity contribution in [1.29, 1.82) is 0 Å². The van der Waals surface area contributed by atoms with Crippen LogP contribution >= 0.6 is 15.9 Å². The molecule has 0 aliphatic heterocycles. The lowest BCUT2D eigenvalue weighted by molar-refractivity contribution is -0.111. The van der Waals surface area contributed by atoms with Gasteiger partial charge in [0.15, 0.2) is 0 Å². The lowest BCUT2D eigenvalue weighted by Gasteiger charge is -2.03. The van der Waals surface area contributed by atoms with Gasteiger partial charge in [0.2, 0.25) is 5.91 Å². The Morgan fingerprint density at radius 2 is 2.05 bits per heavy atom. The Bertz CT molecular complexity index is 653. The van der Waals surface area contributed by atoms with Gasteiger partial charge in [0.05, 0.1) is 0 Å². The smallest absolute Gasteiger partial charge is 0.249 e. The van der Waals surface area contributed by atoms with Gasteiger partial charge in [-0.25, -0.2) is 9.37 Å². The van der Waals surface area contributed by atoms with Gasteiger partial charge in [0.1, 0.15) is 11.6 Å². The van der Waals surface area contributed by atoms with Crippen LogP contribution in [0, 0.1) is 12.7 Å². The summed E-state index contributed by atoms with van der Waals surface area (Å²) >= 11 is 3.34. The Morgan fingerprint density at radius 1 is 1.35 bits per heavy atom. The molecule has 102 valence electrons. The van der Waals surface area contributed by atoms with Crippen molar-refractivity contribution in [1.82, 2.24) is 4.98 Å². The summed E-state index contributed by atoms with van der Waals surface area (Å²) < 4.78 is 13.6. The van der Waals surface area contributed by atoms with E-state index in [1.54, 1.807) is 30.5 Å². The van der Waals surface area contributed by atoms with Crippen LogP contribution in [0.25, 0.3) is 6.08 Å². The van der Waals surface area contributed by atoms with Gasteiger partial charge in [0, 0.05) is 16.7 Å². The molecule has 0 fully saturated rings. The Balaban J connectivity index is 2.01. The van der Waals surface area contributed by atoms with Crippen molar-refractivity contribution in [3.63, 3.8) is 0 Å². The number of aromatic nitrogens is 1. The maximum atomic E-state index is 12.7. The van der Waals surface area contributed by atoms with E-state index in [-0.39, 0.29) is 11.7 Å². The second-order valence-electron chi connectivity index (χ2n) is 4.19. The highest BCUT2D eigenvalue weighted by atomic mass is 79.9. The average molecular weight is 335 g/mol. The largest absolute Gasteiger partial charge is 0.307 e. The number of hydrogen-bond acceptors (Lipinski definition) is 2. The van der Waals surface area contributed by atoms with Crippen LogP contribution in [0.2, 0.25) is 0 Å². The van der Waals surface area contributed by atoms with Gasteiger partial charge in [-0.05, 0) is 58.3 Å². The molecule has 1 heterocycles. The first-order valence-corrected chi connectivity index (χ1v) is 6.70. The zero-order valence-corrected chi connectivity index (χ0v) is 12.3. The van der Waals surface area contributed by atoms with Crippen LogP contribution in [0.1, 0.15) is 11.1 Å². The summed E-state index contributed by atoms with van der Waals surface area (Å²) in [4.78, 5) is 15.8. The molecule has 1 amide bonds. The minimum absolute atomic E-state index is 0.288. The van der Waals surface area contributed by atoms with Crippen molar-refractivity contribution >= 4 is 33.7 Å². The molecule has 0 saturated heterocycles. The first kappa shape index (κ1) is 14.4. The second kappa shape index (κ2) is 6.43. The standard InChI is InChI=1S/C15H12BrFN2O/c1-10-8-14(18-9-13(10)16)19-15(20)7-4-11-2-5-12(17)6-3-11/h2-9H,1H3,(H,18,19,20). The highest BCUT2D eigenvalue weighted by Gasteiger charge is 2.01. The number of amides is 1. The van der Waals surface area contributed by atoms with Crippen molar-refractivity contribution in [3.05, 3.63) is 64.0 Å². The molecule has 0 aliphatic carbocycles. The maximum Gasteiger partial charge on any atom is 0.249 e. The second-order valence-corrected chi connectivity index (χ2v) is 5.05. The number of aryl methyl sites for hydroxylation is 1. The van der Waals surface area contributed by atoms with Crippen LogP contribution in [0.4, 0.5) is 10.2 Å². The van der Waals surface area contributed by atoms with Crippen molar-refractivity contribution in [3.8, 4) is 0 Å². The first-order chi connectivity index (χ1) is 9.54. The highest BCUT2D eigenvalue weighted by Crippen LogP contribution is 2.17. The molecule has 3 nitrogen and oxygen atoms in total. The summed E-state index contributed by atoms with van der Waals surface area (Å²) in [5, 5.41) is 2.66. The molecule has 0 aliphatic rings. The quantitative estimate of drug-likeness (QED) is 0.863. The zero-order chi connectivity index (χ0) is 14.5. The molecule has 5 heteroatoms. The van der Waals surface area contributed by atoms with Crippen molar-refractivity contribution < 1.29 is 9.18 Å². The van der Waals surface area contributed by atoms with E-state index in [0.717, 1.165) is 15.6 Å². The van der Waals surface area contributed by atoms with Crippen molar-refractivity contribution in [2.24, 2.45) is 0 Å². The number of pyridine rings is 1. The maximum absolute atomic E-state index is 12.7. The van der Waals surface area contributed by atoms with Gasteiger partial charge in [-0.2, -0.15) is 0 Å². The molecule has 20 heavy (non-hydrogen) atoms. The van der Waals surface area contributed by atoms with E-state index < -0.39 is 0 Å². The number of carbonyl (C=O) groups is 1. The van der Waals surface area contributed by atoms with Crippen LogP contribution in [0.5, 0.6) is 0 Å². The highest BCUT2D eigenvalue weighted by molar-refractivity contribution is 9.10. The molecular formula is C15H12BrFN2O. The van der Waals surface area contributed by atoms with Gasteiger partial charge in [-0.1, -0.05) is 12.1 Å². The number of nitrogens with zero attached hydrogens (tertiary/aromatic N) is 1. The Labute approximate surface area is 124 Å². The van der Waals surface area contributed by atoms with Gasteiger partial charge in [-0.3, -0.25) is 4.79 Å². The molecule has 0 bridgehead atoms. The fourth-order valence-corrected chi connectivity index (χ4v) is 1.74. The monoisotopic (exact) mass is 334 g/mol. The summed E-state index contributed by atoms with van der Waals surface area (Å²) in [6, 6.07) is 7.66. The number of nitrogens with one attached hydrogen (secondary N) is 1. The molecule has 2 aromatic rings. The summed E-state index contributed by atoms with van der Waals surface area (Å²) in [5.41, 5.74) is 1.74. The third kappa shape index (κ3) is 3.99. The molecule has 0 spiro atoms. The Morgan fingerprint density at radius 3 is 2.70 bits per heavy atom. The van der Waals surface area contributed by atoms with Crippen LogP contribution in [-0.4, -0.2) is 10.9 Å². The third-order valence-corrected chi connectivity index (χ3v) is 3.43. The van der Waals surface area contributed by atoms with E-state index in [1.165, 1.54) is 18.2 Å². The number of halogens is 2. The lowest BCUT2D eigenvalue weighted by atomic mass is 10.2. The summed E-state index contributed by atoms with van der Waals surface area (Å²) in [6.45, 7) is 1.91. The van der Waals surface area contributed by atoms with Gasteiger partial charge >= 0.3 is 0 Å². The fourth-order valence-electron chi connectivity index (χ4n) is 1.52. The summed E-state index contributed by atoms with van der Waals surface area (Å²) in [5.74, 6) is -0.107. The van der Waals surface area contributed by atoms with Gasteiger partial charge in [0.25, 0.3) is 0 Å². The number of benzene rings is 1. The van der Waals surface area contributed by atoms with E-state index >= 15 is 0 Å². The molecule has 1 N–H and O–H groups in total. The summed E-state index contributed by atoms with van der Waals surface area (Å²) in [6.07, 6.45) is 4.63. The van der Waals surface area contributed by atoms with Crippen LogP contribution in [-0.2, 0) is 4.79 Å². The van der Waals surface area contributed by atoms with Crippen LogP contribution < -0.4 is 5.32 Å². The number of anilines is 1. The van der Waals surface area contributed by atoms with Crippen molar-refractivity contribution in [2.75, 3.05) is 5.32 Å². The molecule has 0 atom stereocenters. The number of rotatable bonds is 3. The molecule has 0 unspecified atom stereocenters. The van der Waals surface area contributed by atoms with E-state index in [0.29, 0.717) is 5.82 Å². The fraction of sp³-hybridized carbons (Fsp3) is 0.0667. The topological polar surface area (TPSA) is 42.0 Å². The molecule has 1 aromatic heterocycles. The van der Waals surface area contributed by atoms with E-state index in [2.05, 4.69) is 26.2 Å². The molecule has 0 saturated carbocycles. The van der Waals surface area contributed by atoms with Gasteiger partial charge < -0.3 is 5.32 Å². The summed E-state index contributed by atoms with van der Waals surface area (Å²) in [7, 11) is 0. The third-order valence-electron chi connectivity index (χ3n) is 2.60. The minimum atomic E-state index is -0.305.